The molecule has 396 valence electrons. The maximum atomic E-state index is 13.2. The molecule has 4 bridgehead atoms. The molecule has 9 saturated carbocycles. The van der Waals surface area contributed by atoms with Crippen LogP contribution in [0.4, 0.5) is 0 Å². The Morgan fingerprint density at radius 3 is 1.83 bits per heavy atom. The Morgan fingerprint density at radius 2 is 1.21 bits per heavy atom. The summed E-state index contributed by atoms with van der Waals surface area (Å²) >= 11 is 4.39. The van der Waals surface area contributed by atoms with Crippen LogP contribution < -0.4 is 0 Å². The number of fused-ring (bicyclic) bond motifs is 2. The number of rotatable bonds is 16. The average Bonchev–Trinajstić information content (AvgIpc) is 3.89. The first-order valence-electron chi connectivity index (χ1n) is 30.4. The quantitative estimate of drug-likeness (QED) is 0.173. The Morgan fingerprint density at radius 1 is 0.620 bits per heavy atom. The van der Waals surface area contributed by atoms with Gasteiger partial charge in [-0.1, -0.05) is 148 Å². The number of hydrogen-bond donors (Lipinski definition) is 2. The molecule has 0 saturated heterocycles. The summed E-state index contributed by atoms with van der Waals surface area (Å²) in [7, 11) is 0. The molecule has 11 rings (SSSR count). The van der Waals surface area contributed by atoms with E-state index in [2.05, 4.69) is 146 Å². The predicted octanol–water partition coefficient (Wildman–Crippen LogP) is 19.4. The highest BCUT2D eigenvalue weighted by Gasteiger charge is 2.92. The van der Waals surface area contributed by atoms with Crippen molar-refractivity contribution < 1.29 is 10.2 Å². The van der Waals surface area contributed by atoms with Crippen molar-refractivity contribution in [1.82, 2.24) is 0 Å². The number of aliphatic hydroxyl groups is 1. The third-order valence-corrected chi connectivity index (χ3v) is 27.1. The molecule has 0 aliphatic heterocycles. The molecule has 14 atom stereocenters. The Kier molecular flexibility index (Phi) is 12.5. The van der Waals surface area contributed by atoms with Crippen LogP contribution in [0.2, 0.25) is 0 Å². The van der Waals surface area contributed by atoms with Crippen molar-refractivity contribution in [2.45, 2.75) is 259 Å². The van der Waals surface area contributed by atoms with Gasteiger partial charge in [-0.2, -0.15) is 23.5 Å². The highest BCUT2D eigenvalue weighted by molar-refractivity contribution is 8.03. The molecular formula is C67H104O2S2. The van der Waals surface area contributed by atoms with E-state index in [1.54, 1.807) is 0 Å². The van der Waals surface area contributed by atoms with Gasteiger partial charge in [-0.15, -0.1) is 0 Å². The van der Waals surface area contributed by atoms with Crippen molar-refractivity contribution in [3.8, 4) is 5.75 Å². The molecule has 2 N–H and O–H groups in total. The maximum absolute atomic E-state index is 13.2. The van der Waals surface area contributed by atoms with Crippen molar-refractivity contribution in [2.24, 2.45) is 90.7 Å². The van der Waals surface area contributed by atoms with Crippen LogP contribution in [0.15, 0.2) is 35.1 Å². The first-order chi connectivity index (χ1) is 33.2. The Hall–Kier alpha value is -1.00. The van der Waals surface area contributed by atoms with Crippen LogP contribution in [-0.2, 0) is 16.6 Å². The summed E-state index contributed by atoms with van der Waals surface area (Å²) in [5.74, 6) is 8.66. The van der Waals surface area contributed by atoms with Crippen LogP contribution >= 0.6 is 23.5 Å². The summed E-state index contributed by atoms with van der Waals surface area (Å²) in [5, 5.41) is 27.2. The van der Waals surface area contributed by atoms with Crippen LogP contribution in [-0.4, -0.2) is 26.5 Å². The lowest BCUT2D eigenvalue weighted by Gasteiger charge is -2.86. The van der Waals surface area contributed by atoms with Crippen molar-refractivity contribution in [2.75, 3.05) is 5.75 Å². The largest absolute Gasteiger partial charge is 0.508 e. The lowest BCUT2D eigenvalue weighted by molar-refractivity contribution is -0.363. The molecule has 4 heteroatoms. The van der Waals surface area contributed by atoms with Gasteiger partial charge in [0.15, 0.2) is 0 Å². The Balaban J connectivity index is 0.883. The summed E-state index contributed by atoms with van der Waals surface area (Å²) < 4.78 is 0. The zero-order chi connectivity index (χ0) is 50.9. The molecule has 0 amide bonds. The van der Waals surface area contributed by atoms with Crippen molar-refractivity contribution in [3.63, 3.8) is 0 Å². The van der Waals surface area contributed by atoms with Crippen molar-refractivity contribution >= 4 is 23.5 Å². The first-order valence-corrected chi connectivity index (χ1v) is 32.5. The normalized spacial score (nSPS) is 44.1. The molecule has 14 unspecified atom stereocenters. The van der Waals surface area contributed by atoms with Gasteiger partial charge >= 0.3 is 0 Å². The summed E-state index contributed by atoms with van der Waals surface area (Å²) in [6, 6.07) is 4.98. The summed E-state index contributed by atoms with van der Waals surface area (Å²) in [6.07, 6.45) is 29.8. The summed E-state index contributed by atoms with van der Waals surface area (Å²) in [4.78, 5) is 0. The van der Waals surface area contributed by atoms with E-state index >= 15 is 0 Å². The minimum atomic E-state index is 0.0211. The molecule has 0 radical (unpaired) electrons. The lowest BCUT2D eigenvalue weighted by atomic mass is 9.17. The van der Waals surface area contributed by atoms with E-state index in [9.17, 15) is 10.2 Å². The molecule has 10 aliphatic carbocycles. The fraction of sp³-hybridized carbons (Fsp3) is 0.851. The number of allylic oxidation sites excluding steroid dienone is 3. The maximum Gasteiger partial charge on any atom is 0.123 e. The summed E-state index contributed by atoms with van der Waals surface area (Å²) in [5.41, 5.74) is 10.1. The van der Waals surface area contributed by atoms with Gasteiger partial charge in [0.25, 0.3) is 0 Å². The second kappa shape index (κ2) is 17.0. The average molecular weight is 1010 g/mol. The molecule has 0 heterocycles. The van der Waals surface area contributed by atoms with Gasteiger partial charge in [0.2, 0.25) is 0 Å². The van der Waals surface area contributed by atoms with E-state index in [-0.39, 0.29) is 21.7 Å². The zero-order valence-electron chi connectivity index (χ0n) is 48.3. The van der Waals surface area contributed by atoms with Crippen LogP contribution in [0.1, 0.15) is 249 Å². The standard InChI is InChI=1S/C67H104O2S2/c1-41(2)25-61-33-50-32-60(36-63(38-61,27-43(5)6)66(50,61)37-60)52-24-49(58(10,11)12)22-47(56(52)68)34-70-53-20-18-16-17-19-21-54(53)71-35-48-23-51(59(13,14)15)45(9)55(57(48)69)65-30-46-29-62(26-42(3)4)39-64(40-65,28-44(7)8)67(62,65)31-46/h22-24,41-46,50-51,53-54,68-69H,16-21,25-40H2,1-15H3. The van der Waals surface area contributed by atoms with Crippen molar-refractivity contribution in [1.29, 1.82) is 0 Å². The third kappa shape index (κ3) is 7.16. The number of hydrogen-bond acceptors (Lipinski definition) is 4. The van der Waals surface area contributed by atoms with Crippen LogP contribution in [0.5, 0.6) is 5.75 Å². The van der Waals surface area contributed by atoms with Crippen LogP contribution in [0, 0.1) is 90.7 Å². The first kappa shape index (κ1) is 52.1. The SMILES string of the molecule is CC(C)CC12CC3CC4(c5cc(C(C)(C)C)cc(CSC6CCCCCCC6SCC6=CC(C(C)(C)C)C(C)C(C78CC9CC%10(CC(C)C)CC(CC(C)C)(C7)C%108C9)=C6O)c5O)CC(CC(C)C)(C1)C32C4. The highest BCUT2D eigenvalue weighted by atomic mass is 32.2. The van der Waals surface area contributed by atoms with Gasteiger partial charge in [0, 0.05) is 49.5 Å². The topological polar surface area (TPSA) is 40.5 Å². The minimum absolute atomic E-state index is 0.0211. The minimum Gasteiger partial charge on any atom is -0.508 e. The van der Waals surface area contributed by atoms with E-state index in [0.29, 0.717) is 60.6 Å². The van der Waals surface area contributed by atoms with Gasteiger partial charge in [0.05, 0.1) is 0 Å². The monoisotopic (exact) mass is 1000 g/mol. The van der Waals surface area contributed by atoms with Crippen molar-refractivity contribution in [3.05, 3.63) is 51.8 Å². The molecule has 71 heavy (non-hydrogen) atoms. The Labute approximate surface area is 444 Å². The van der Waals surface area contributed by atoms with E-state index in [0.717, 1.165) is 52.8 Å². The number of thioether (sulfide) groups is 2. The second-order valence-electron chi connectivity index (χ2n) is 32.3. The van der Waals surface area contributed by atoms with E-state index in [1.807, 2.05) is 0 Å². The molecule has 9 fully saturated rings. The fourth-order valence-corrected chi connectivity index (χ4v) is 26.8. The predicted molar refractivity (Wildman–Crippen MR) is 305 cm³/mol. The van der Waals surface area contributed by atoms with Gasteiger partial charge in [-0.25, -0.2) is 0 Å². The number of aromatic hydroxyl groups is 1. The lowest BCUT2D eigenvalue weighted by Crippen LogP contribution is -2.80. The van der Waals surface area contributed by atoms with E-state index in [1.165, 1.54) is 156 Å². The van der Waals surface area contributed by atoms with Gasteiger partial charge in [-0.3, -0.25) is 0 Å². The summed E-state index contributed by atoms with van der Waals surface area (Å²) in [6.45, 7) is 37.1. The van der Waals surface area contributed by atoms with Gasteiger partial charge in [0.1, 0.15) is 11.5 Å². The molecule has 2 nitrogen and oxygen atoms in total. The molecule has 1 aromatic rings. The second-order valence-corrected chi connectivity index (χ2v) is 34.8. The zero-order valence-corrected chi connectivity index (χ0v) is 49.9. The van der Waals surface area contributed by atoms with Crippen LogP contribution in [0.3, 0.4) is 0 Å². The number of aliphatic hydroxyl groups excluding tert-OH is 1. The molecule has 10 aliphatic rings. The Bertz CT molecular complexity index is 2320. The molecule has 1 aromatic carbocycles. The number of phenols is 1. The van der Waals surface area contributed by atoms with E-state index < -0.39 is 0 Å². The molecular weight excluding hydrogens is 901 g/mol. The molecule has 0 aromatic heterocycles. The van der Waals surface area contributed by atoms with Gasteiger partial charge < -0.3 is 10.2 Å². The fourth-order valence-electron chi connectivity index (χ4n) is 23.8. The van der Waals surface area contributed by atoms with Crippen LogP contribution in [0.25, 0.3) is 0 Å². The van der Waals surface area contributed by atoms with Gasteiger partial charge in [-0.05, 0) is 205 Å². The smallest absolute Gasteiger partial charge is 0.123 e. The number of benzene rings is 1. The highest BCUT2D eigenvalue weighted by Crippen LogP contribution is 3.00. The molecule has 2 spiro atoms. The number of phenolic OH excluding ortho intramolecular Hbond substituents is 1. The third-order valence-electron chi connectivity index (χ3n) is 24.0. The van der Waals surface area contributed by atoms with E-state index in [4.69, 9.17) is 0 Å².